The number of nitrogens with zero attached hydrogens (tertiary/aromatic N) is 1. The largest absolute Gasteiger partial charge is 0.550 e. The van der Waals surface area contributed by atoms with E-state index in [-0.39, 0.29) is 6.42 Å². The van der Waals surface area contributed by atoms with E-state index in [4.69, 9.17) is 21.1 Å². The van der Waals surface area contributed by atoms with Gasteiger partial charge in [0.05, 0.1) is 29.0 Å². The number of hydrogen-bond donors (Lipinski definition) is 0. The fourth-order valence-electron chi connectivity index (χ4n) is 2.69. The van der Waals surface area contributed by atoms with Crippen LogP contribution in [0.15, 0.2) is 36.4 Å². The lowest BCUT2D eigenvalue weighted by Gasteiger charge is -2.12. The predicted molar refractivity (Wildman–Crippen MR) is 106 cm³/mol. The van der Waals surface area contributed by atoms with E-state index in [1.54, 1.807) is 18.2 Å². The Balaban J connectivity index is 2.09. The zero-order valence-electron chi connectivity index (χ0n) is 14.8. The molecule has 2 aromatic carbocycles. The summed E-state index contributed by atoms with van der Waals surface area (Å²) in [4.78, 5) is 15.8. The van der Waals surface area contributed by atoms with Crippen molar-refractivity contribution in [2.75, 3.05) is 13.7 Å². The van der Waals surface area contributed by atoms with E-state index >= 15 is 0 Å². The number of benzene rings is 2. The van der Waals surface area contributed by atoms with Gasteiger partial charge in [-0.3, -0.25) is 0 Å². The Bertz CT molecular complexity index is 979. The average molecular weight is 403 g/mol. The SMILES string of the molecule is CCOc1cc(/C=C(\CC(=O)[O-])c2nc3ccccc3s2)cc(Cl)c1OC. The van der Waals surface area contributed by atoms with E-state index in [1.165, 1.54) is 18.4 Å². The molecule has 1 heterocycles. The molecule has 0 unspecified atom stereocenters. The first-order valence-corrected chi connectivity index (χ1v) is 9.48. The minimum atomic E-state index is -1.18. The topological polar surface area (TPSA) is 71.5 Å². The zero-order valence-corrected chi connectivity index (χ0v) is 16.4. The lowest BCUT2D eigenvalue weighted by molar-refractivity contribution is -0.304. The third-order valence-electron chi connectivity index (χ3n) is 3.78. The lowest BCUT2D eigenvalue weighted by atomic mass is 10.1. The number of halogens is 1. The summed E-state index contributed by atoms with van der Waals surface area (Å²) in [5, 5.41) is 12.3. The smallest absolute Gasteiger partial charge is 0.179 e. The Morgan fingerprint density at radius 1 is 1.33 bits per heavy atom. The van der Waals surface area contributed by atoms with Gasteiger partial charge < -0.3 is 19.4 Å². The first-order chi connectivity index (χ1) is 13.0. The van der Waals surface area contributed by atoms with Crippen LogP contribution in [0.5, 0.6) is 11.5 Å². The van der Waals surface area contributed by atoms with Crippen molar-refractivity contribution in [3.63, 3.8) is 0 Å². The number of methoxy groups -OCH3 is 1. The monoisotopic (exact) mass is 402 g/mol. The molecule has 1 aromatic heterocycles. The van der Waals surface area contributed by atoms with E-state index in [0.29, 0.717) is 39.3 Å². The first kappa shape index (κ1) is 19.2. The molecule has 7 heteroatoms. The van der Waals surface area contributed by atoms with Gasteiger partial charge in [-0.1, -0.05) is 23.7 Å². The van der Waals surface area contributed by atoms with Gasteiger partial charge in [-0.2, -0.15) is 0 Å². The zero-order chi connectivity index (χ0) is 19.4. The number of carboxylic acid groups (broad SMARTS) is 1. The molecular weight excluding hydrogens is 386 g/mol. The van der Waals surface area contributed by atoms with Crippen LogP contribution in [0.25, 0.3) is 21.9 Å². The summed E-state index contributed by atoms with van der Waals surface area (Å²) in [7, 11) is 1.52. The van der Waals surface area contributed by atoms with Gasteiger partial charge in [-0.25, -0.2) is 4.98 Å². The lowest BCUT2D eigenvalue weighted by Crippen LogP contribution is -2.22. The van der Waals surface area contributed by atoms with Crippen molar-refractivity contribution in [1.29, 1.82) is 0 Å². The van der Waals surface area contributed by atoms with E-state index in [0.717, 1.165) is 10.2 Å². The van der Waals surface area contributed by atoms with Crippen LogP contribution in [0, 0.1) is 0 Å². The molecule has 5 nitrogen and oxygen atoms in total. The molecule has 0 atom stereocenters. The van der Waals surface area contributed by atoms with Gasteiger partial charge in [-0.15, -0.1) is 11.3 Å². The number of ether oxygens (including phenoxy) is 2. The van der Waals surface area contributed by atoms with Crippen LogP contribution < -0.4 is 14.6 Å². The van der Waals surface area contributed by atoms with Crippen molar-refractivity contribution in [2.24, 2.45) is 0 Å². The van der Waals surface area contributed by atoms with Crippen LogP contribution in [0.2, 0.25) is 5.02 Å². The maximum Gasteiger partial charge on any atom is 0.179 e. The molecule has 0 spiro atoms. The number of hydrogen-bond acceptors (Lipinski definition) is 6. The fraction of sp³-hybridized carbons (Fsp3) is 0.200. The Hall–Kier alpha value is -2.57. The summed E-state index contributed by atoms with van der Waals surface area (Å²) in [5.41, 5.74) is 2.06. The summed E-state index contributed by atoms with van der Waals surface area (Å²) in [5.74, 6) is -0.238. The molecule has 0 aliphatic carbocycles. The maximum atomic E-state index is 11.3. The number of para-hydroxylation sites is 1. The molecule has 0 aliphatic heterocycles. The van der Waals surface area contributed by atoms with Crippen LogP contribution in [-0.2, 0) is 4.79 Å². The molecule has 3 rings (SSSR count). The molecule has 3 aromatic rings. The van der Waals surface area contributed by atoms with Gasteiger partial charge in [0.2, 0.25) is 0 Å². The second kappa shape index (κ2) is 8.41. The van der Waals surface area contributed by atoms with Crippen molar-refractivity contribution < 1.29 is 19.4 Å². The molecule has 27 heavy (non-hydrogen) atoms. The number of carbonyl (C=O) groups is 1. The minimum absolute atomic E-state index is 0.257. The molecule has 140 valence electrons. The highest BCUT2D eigenvalue weighted by molar-refractivity contribution is 7.19. The van der Waals surface area contributed by atoms with Gasteiger partial charge >= 0.3 is 0 Å². The quantitative estimate of drug-likeness (QED) is 0.596. The van der Waals surface area contributed by atoms with Crippen LogP contribution in [-0.4, -0.2) is 24.7 Å². The Morgan fingerprint density at radius 2 is 2.11 bits per heavy atom. The van der Waals surface area contributed by atoms with Crippen molar-refractivity contribution in [3.05, 3.63) is 52.0 Å². The Labute approximate surface area is 165 Å². The Kier molecular flexibility index (Phi) is 5.98. The molecule has 0 aliphatic rings. The number of carboxylic acids is 1. The average Bonchev–Trinajstić information content (AvgIpc) is 3.05. The molecule has 0 amide bonds. The van der Waals surface area contributed by atoms with Gasteiger partial charge in [0, 0.05) is 12.4 Å². The van der Waals surface area contributed by atoms with Crippen molar-refractivity contribution in [1.82, 2.24) is 4.98 Å². The number of carbonyl (C=O) groups excluding carboxylic acids is 1. The van der Waals surface area contributed by atoms with Gasteiger partial charge in [0.15, 0.2) is 11.5 Å². The number of aromatic nitrogens is 1. The molecule has 0 saturated carbocycles. The van der Waals surface area contributed by atoms with Crippen molar-refractivity contribution >= 4 is 50.8 Å². The molecule has 0 bridgehead atoms. The van der Waals surface area contributed by atoms with E-state index in [1.807, 2.05) is 31.2 Å². The number of rotatable bonds is 7. The third-order valence-corrected chi connectivity index (χ3v) is 5.17. The number of fused-ring (bicyclic) bond motifs is 1. The molecule has 0 N–H and O–H groups in total. The highest BCUT2D eigenvalue weighted by Crippen LogP contribution is 2.38. The van der Waals surface area contributed by atoms with Gasteiger partial charge in [-0.05, 0) is 48.4 Å². The summed E-state index contributed by atoms with van der Waals surface area (Å²) in [6, 6.07) is 11.1. The molecular formula is C20H17ClNO4S-. The van der Waals surface area contributed by atoms with Crippen LogP contribution in [0.1, 0.15) is 23.9 Å². The highest BCUT2D eigenvalue weighted by Gasteiger charge is 2.13. The van der Waals surface area contributed by atoms with E-state index in [2.05, 4.69) is 4.98 Å². The van der Waals surface area contributed by atoms with Crippen molar-refractivity contribution in [3.8, 4) is 11.5 Å². The molecule has 0 saturated heterocycles. The highest BCUT2D eigenvalue weighted by atomic mass is 35.5. The minimum Gasteiger partial charge on any atom is -0.550 e. The van der Waals surface area contributed by atoms with E-state index < -0.39 is 5.97 Å². The summed E-state index contributed by atoms with van der Waals surface area (Å²) in [6.07, 6.45) is 1.48. The Morgan fingerprint density at radius 3 is 2.78 bits per heavy atom. The molecule has 0 fully saturated rings. The summed E-state index contributed by atoms with van der Waals surface area (Å²) in [6.45, 7) is 2.31. The second-order valence-corrected chi connectivity index (χ2v) is 7.11. The van der Waals surface area contributed by atoms with Crippen molar-refractivity contribution in [2.45, 2.75) is 13.3 Å². The van der Waals surface area contributed by atoms with E-state index in [9.17, 15) is 9.90 Å². The van der Waals surface area contributed by atoms with Crippen LogP contribution in [0.4, 0.5) is 0 Å². The summed E-state index contributed by atoms with van der Waals surface area (Å²) >= 11 is 7.73. The summed E-state index contributed by atoms with van der Waals surface area (Å²) < 4.78 is 11.9. The number of thiazole rings is 1. The maximum absolute atomic E-state index is 11.3. The fourth-order valence-corrected chi connectivity index (χ4v) is 3.96. The molecule has 0 radical (unpaired) electrons. The van der Waals surface area contributed by atoms with Gasteiger partial charge in [0.1, 0.15) is 5.01 Å². The normalized spacial score (nSPS) is 11.6. The third kappa shape index (κ3) is 4.40. The second-order valence-electron chi connectivity index (χ2n) is 5.67. The van der Waals surface area contributed by atoms with Crippen LogP contribution >= 0.6 is 22.9 Å². The predicted octanol–water partition coefficient (Wildman–Crippen LogP) is 4.04. The number of aliphatic carboxylic acids is 1. The first-order valence-electron chi connectivity index (χ1n) is 8.28. The standard InChI is InChI=1S/C20H18ClNO4S/c1-3-26-16-10-12(9-14(21)19(16)25-2)8-13(11-18(23)24)20-22-15-6-4-5-7-17(15)27-20/h4-10H,3,11H2,1-2H3,(H,23,24)/p-1/b13-8+. The van der Waals surface area contributed by atoms with Crippen LogP contribution in [0.3, 0.4) is 0 Å². The van der Waals surface area contributed by atoms with Gasteiger partial charge in [0.25, 0.3) is 0 Å².